The fourth-order valence-corrected chi connectivity index (χ4v) is 2.39. The molecule has 1 nitrogen and oxygen atoms in total. The van der Waals surface area contributed by atoms with Crippen LogP contribution in [0, 0.1) is 6.92 Å². The molecular formula is C7H6Br3N. The molecule has 60 valence electrons. The van der Waals surface area contributed by atoms with Gasteiger partial charge >= 0.3 is 0 Å². The van der Waals surface area contributed by atoms with E-state index >= 15 is 0 Å². The second kappa shape index (κ2) is 3.46. The lowest BCUT2D eigenvalue weighted by molar-refractivity contribution is 1.39. The summed E-state index contributed by atoms with van der Waals surface area (Å²) in [6, 6.07) is 1.98. The van der Waals surface area contributed by atoms with Crippen molar-refractivity contribution in [2.75, 3.05) is 5.73 Å². The van der Waals surface area contributed by atoms with E-state index in [0.717, 1.165) is 24.7 Å². The van der Waals surface area contributed by atoms with Crippen LogP contribution in [-0.2, 0) is 0 Å². The van der Waals surface area contributed by atoms with Crippen molar-refractivity contribution in [2.24, 2.45) is 0 Å². The molecule has 0 heterocycles. The minimum Gasteiger partial charge on any atom is -0.397 e. The fourth-order valence-electron chi connectivity index (χ4n) is 0.727. The maximum absolute atomic E-state index is 5.73. The van der Waals surface area contributed by atoms with E-state index in [1.807, 2.05) is 13.0 Å². The highest BCUT2D eigenvalue weighted by molar-refractivity contribution is 9.13. The molecule has 0 aromatic heterocycles. The lowest BCUT2D eigenvalue weighted by Crippen LogP contribution is -1.90. The van der Waals surface area contributed by atoms with Crippen molar-refractivity contribution in [3.63, 3.8) is 0 Å². The number of benzene rings is 1. The van der Waals surface area contributed by atoms with Gasteiger partial charge in [0.25, 0.3) is 0 Å². The largest absolute Gasteiger partial charge is 0.397 e. The number of halogens is 3. The van der Waals surface area contributed by atoms with Crippen LogP contribution in [0.25, 0.3) is 0 Å². The molecule has 0 aliphatic carbocycles. The molecular weight excluding hydrogens is 338 g/mol. The Morgan fingerprint density at radius 1 is 1.18 bits per heavy atom. The first-order chi connectivity index (χ1) is 5.04. The summed E-state index contributed by atoms with van der Waals surface area (Å²) in [5.41, 5.74) is 7.60. The zero-order valence-corrected chi connectivity index (χ0v) is 10.5. The molecule has 0 fully saturated rings. The van der Waals surface area contributed by atoms with Crippen LogP contribution in [0.4, 0.5) is 5.69 Å². The van der Waals surface area contributed by atoms with E-state index in [9.17, 15) is 0 Å². The van der Waals surface area contributed by atoms with E-state index in [0.29, 0.717) is 0 Å². The average Bonchev–Trinajstić information content (AvgIpc) is 1.97. The van der Waals surface area contributed by atoms with Crippen LogP contribution in [0.3, 0.4) is 0 Å². The average molecular weight is 344 g/mol. The van der Waals surface area contributed by atoms with Gasteiger partial charge in [-0.15, -0.1) is 0 Å². The van der Waals surface area contributed by atoms with Crippen LogP contribution in [0.5, 0.6) is 0 Å². The predicted molar refractivity (Wildman–Crippen MR) is 58.7 cm³/mol. The Labute approximate surface area is 90.7 Å². The Morgan fingerprint density at radius 2 is 1.73 bits per heavy atom. The zero-order valence-electron chi connectivity index (χ0n) is 5.79. The monoisotopic (exact) mass is 341 g/mol. The van der Waals surface area contributed by atoms with Gasteiger partial charge in [-0.05, 0) is 66.3 Å². The van der Waals surface area contributed by atoms with Gasteiger partial charge < -0.3 is 5.73 Å². The van der Waals surface area contributed by atoms with E-state index < -0.39 is 0 Å². The van der Waals surface area contributed by atoms with Crippen molar-refractivity contribution in [3.8, 4) is 0 Å². The van der Waals surface area contributed by atoms with Gasteiger partial charge in [0, 0.05) is 8.95 Å². The van der Waals surface area contributed by atoms with Crippen molar-refractivity contribution in [1.29, 1.82) is 0 Å². The lowest BCUT2D eigenvalue weighted by Gasteiger charge is -2.06. The first-order valence-corrected chi connectivity index (χ1v) is 5.31. The summed E-state index contributed by atoms with van der Waals surface area (Å²) < 4.78 is 2.84. The third-order valence-corrected chi connectivity index (χ3v) is 4.41. The van der Waals surface area contributed by atoms with Crippen LogP contribution in [0.1, 0.15) is 5.56 Å². The van der Waals surface area contributed by atoms with E-state index in [4.69, 9.17) is 5.73 Å². The van der Waals surface area contributed by atoms with E-state index in [2.05, 4.69) is 47.8 Å². The SMILES string of the molecule is Cc1cc(Br)c(N)c(Br)c1Br. The molecule has 0 saturated carbocycles. The molecule has 1 rings (SSSR count). The summed E-state index contributed by atoms with van der Waals surface area (Å²) in [5, 5.41) is 0. The maximum atomic E-state index is 5.73. The Hall–Kier alpha value is 0.460. The van der Waals surface area contributed by atoms with Crippen molar-refractivity contribution >= 4 is 53.5 Å². The van der Waals surface area contributed by atoms with Crippen molar-refractivity contribution < 1.29 is 0 Å². The summed E-state index contributed by atoms with van der Waals surface area (Å²) in [6.45, 7) is 2.01. The number of nitrogen functional groups attached to an aromatic ring is 1. The first-order valence-electron chi connectivity index (χ1n) is 2.93. The maximum Gasteiger partial charge on any atom is 0.0614 e. The van der Waals surface area contributed by atoms with Crippen LogP contribution < -0.4 is 5.73 Å². The fraction of sp³-hybridized carbons (Fsp3) is 0.143. The van der Waals surface area contributed by atoms with Crippen LogP contribution >= 0.6 is 47.8 Å². The Morgan fingerprint density at radius 3 is 2.27 bits per heavy atom. The third kappa shape index (κ3) is 1.79. The van der Waals surface area contributed by atoms with E-state index in [1.165, 1.54) is 0 Å². The molecule has 0 aliphatic heterocycles. The summed E-state index contributed by atoms with van der Waals surface area (Å²) in [7, 11) is 0. The van der Waals surface area contributed by atoms with Crippen LogP contribution in [-0.4, -0.2) is 0 Å². The van der Waals surface area contributed by atoms with E-state index in [1.54, 1.807) is 0 Å². The van der Waals surface area contributed by atoms with Crippen LogP contribution in [0.2, 0.25) is 0 Å². The standard InChI is InChI=1S/C7H6Br3N/c1-3-2-4(8)7(11)6(10)5(3)9/h2H,11H2,1H3. The molecule has 0 radical (unpaired) electrons. The summed E-state index contributed by atoms with van der Waals surface area (Å²) >= 11 is 10.2. The molecule has 0 atom stereocenters. The Bertz CT molecular complexity index is 270. The number of anilines is 1. The van der Waals surface area contributed by atoms with Crippen LogP contribution in [0.15, 0.2) is 19.5 Å². The highest BCUT2D eigenvalue weighted by Crippen LogP contribution is 2.36. The van der Waals surface area contributed by atoms with Crippen molar-refractivity contribution in [3.05, 3.63) is 25.0 Å². The number of hydrogen-bond acceptors (Lipinski definition) is 1. The number of rotatable bonds is 0. The smallest absolute Gasteiger partial charge is 0.0614 e. The summed E-state index contributed by atoms with van der Waals surface area (Å²) in [6.07, 6.45) is 0. The highest BCUT2D eigenvalue weighted by atomic mass is 79.9. The molecule has 11 heavy (non-hydrogen) atoms. The van der Waals surface area contributed by atoms with Gasteiger partial charge in [0.15, 0.2) is 0 Å². The molecule has 2 N–H and O–H groups in total. The second-order valence-corrected chi connectivity index (χ2v) is 4.66. The van der Waals surface area contributed by atoms with Crippen molar-refractivity contribution in [1.82, 2.24) is 0 Å². The predicted octanol–water partition coefficient (Wildman–Crippen LogP) is 3.86. The number of aryl methyl sites for hydroxylation is 1. The summed E-state index contributed by atoms with van der Waals surface area (Å²) in [5.74, 6) is 0. The van der Waals surface area contributed by atoms with Gasteiger partial charge in [-0.2, -0.15) is 0 Å². The molecule has 4 heteroatoms. The van der Waals surface area contributed by atoms with Gasteiger partial charge in [-0.25, -0.2) is 0 Å². The summed E-state index contributed by atoms with van der Waals surface area (Å²) in [4.78, 5) is 0. The molecule has 1 aromatic rings. The minimum atomic E-state index is 0.725. The number of hydrogen-bond donors (Lipinski definition) is 1. The highest BCUT2D eigenvalue weighted by Gasteiger charge is 2.07. The normalized spacial score (nSPS) is 10.2. The lowest BCUT2D eigenvalue weighted by atomic mass is 10.2. The van der Waals surface area contributed by atoms with Gasteiger partial charge in [0.2, 0.25) is 0 Å². The molecule has 0 bridgehead atoms. The van der Waals surface area contributed by atoms with E-state index in [-0.39, 0.29) is 0 Å². The molecule has 1 aromatic carbocycles. The molecule has 0 spiro atoms. The van der Waals surface area contributed by atoms with Gasteiger partial charge in [-0.1, -0.05) is 0 Å². The third-order valence-electron chi connectivity index (χ3n) is 1.38. The molecule has 0 amide bonds. The van der Waals surface area contributed by atoms with Crippen molar-refractivity contribution in [2.45, 2.75) is 6.92 Å². The Kier molecular flexibility index (Phi) is 3.00. The first kappa shape index (κ1) is 9.55. The molecule has 0 aliphatic rings. The quantitative estimate of drug-likeness (QED) is 0.561. The van der Waals surface area contributed by atoms with Gasteiger partial charge in [-0.3, -0.25) is 0 Å². The Balaban J connectivity index is 3.46. The number of nitrogens with two attached hydrogens (primary N) is 1. The second-order valence-electron chi connectivity index (χ2n) is 2.22. The van der Waals surface area contributed by atoms with Gasteiger partial charge in [0.1, 0.15) is 0 Å². The topological polar surface area (TPSA) is 26.0 Å². The zero-order chi connectivity index (χ0) is 8.59. The molecule has 0 unspecified atom stereocenters. The minimum absolute atomic E-state index is 0.725. The van der Waals surface area contributed by atoms with Gasteiger partial charge in [0.05, 0.1) is 10.2 Å². The molecule has 0 saturated heterocycles.